The lowest BCUT2D eigenvalue weighted by Crippen LogP contribution is -2.39. The van der Waals surface area contributed by atoms with Crippen LogP contribution in [-0.2, 0) is 4.79 Å². The van der Waals surface area contributed by atoms with Gasteiger partial charge in [0.05, 0.1) is 12.1 Å². The predicted octanol–water partition coefficient (Wildman–Crippen LogP) is 5.35. The minimum atomic E-state index is -0.411. The summed E-state index contributed by atoms with van der Waals surface area (Å²) in [5, 5.41) is 12.7. The fourth-order valence-corrected chi connectivity index (χ4v) is 3.04. The van der Waals surface area contributed by atoms with Gasteiger partial charge in [0.15, 0.2) is 0 Å². The Morgan fingerprint density at radius 3 is 1.61 bits per heavy atom. The van der Waals surface area contributed by atoms with Crippen LogP contribution in [0, 0.1) is 0 Å². The summed E-state index contributed by atoms with van der Waals surface area (Å²) in [4.78, 5) is 10.9. The van der Waals surface area contributed by atoms with Crippen molar-refractivity contribution in [3.63, 3.8) is 0 Å². The Kier molecular flexibility index (Phi) is 15.9. The maximum Gasteiger partial charge on any atom is 0.217 e. The van der Waals surface area contributed by atoms with E-state index in [0.717, 1.165) is 12.8 Å². The summed E-state index contributed by atoms with van der Waals surface area (Å²) in [5.74, 6) is -0.0677. The van der Waals surface area contributed by atoms with Crippen molar-refractivity contribution in [2.75, 3.05) is 0 Å². The summed E-state index contributed by atoms with van der Waals surface area (Å²) < 4.78 is 0. The molecule has 3 nitrogen and oxygen atoms in total. The van der Waals surface area contributed by atoms with Crippen LogP contribution in [0.25, 0.3) is 0 Å². The number of unbranched alkanes of at least 4 members (excludes halogenated alkanes) is 12. The van der Waals surface area contributed by atoms with E-state index in [2.05, 4.69) is 12.2 Å². The number of hydrogen-bond donors (Lipinski definition) is 2. The van der Waals surface area contributed by atoms with Gasteiger partial charge in [-0.15, -0.1) is 0 Å². The molecule has 0 aromatic rings. The summed E-state index contributed by atoms with van der Waals surface area (Å²) in [6.07, 6.45) is 17.8. The standard InChI is InChI=1S/C20H41NO2/c1-4-5-6-7-8-9-10-11-12-13-14-15-16-17-20(23)18(2)21-19(3)22/h18,20,23H,4-17H2,1-3H3,(H,21,22)/t18-,20-/m0/s1. The van der Waals surface area contributed by atoms with E-state index >= 15 is 0 Å². The highest BCUT2D eigenvalue weighted by Crippen LogP contribution is 2.13. The molecule has 0 rings (SSSR count). The second kappa shape index (κ2) is 16.3. The third kappa shape index (κ3) is 16.1. The number of hydrogen-bond acceptors (Lipinski definition) is 2. The first-order valence-corrected chi connectivity index (χ1v) is 10.0. The first kappa shape index (κ1) is 22.4. The number of amides is 1. The van der Waals surface area contributed by atoms with Crippen LogP contribution in [-0.4, -0.2) is 23.2 Å². The highest BCUT2D eigenvalue weighted by molar-refractivity contribution is 5.73. The van der Waals surface area contributed by atoms with E-state index in [-0.39, 0.29) is 11.9 Å². The quantitative estimate of drug-likeness (QED) is 0.375. The Morgan fingerprint density at radius 1 is 0.826 bits per heavy atom. The second-order valence-electron chi connectivity index (χ2n) is 7.09. The molecule has 0 aromatic heterocycles. The van der Waals surface area contributed by atoms with Gasteiger partial charge in [0, 0.05) is 6.92 Å². The molecule has 2 atom stereocenters. The fraction of sp³-hybridized carbons (Fsp3) is 0.950. The summed E-state index contributed by atoms with van der Waals surface area (Å²) in [6, 6.07) is -0.134. The molecule has 0 heterocycles. The van der Waals surface area contributed by atoms with Gasteiger partial charge >= 0.3 is 0 Å². The first-order valence-electron chi connectivity index (χ1n) is 10.0. The lowest BCUT2D eigenvalue weighted by Gasteiger charge is -2.19. The van der Waals surface area contributed by atoms with Gasteiger partial charge in [-0.1, -0.05) is 90.4 Å². The Hall–Kier alpha value is -0.570. The van der Waals surface area contributed by atoms with Crippen molar-refractivity contribution in [2.45, 2.75) is 123 Å². The van der Waals surface area contributed by atoms with Gasteiger partial charge in [0.1, 0.15) is 0 Å². The molecular weight excluding hydrogens is 286 g/mol. The van der Waals surface area contributed by atoms with Crippen LogP contribution in [0.3, 0.4) is 0 Å². The van der Waals surface area contributed by atoms with E-state index in [1.54, 1.807) is 0 Å². The van der Waals surface area contributed by atoms with Crippen LogP contribution in [0.2, 0.25) is 0 Å². The molecule has 2 N–H and O–H groups in total. The van der Waals surface area contributed by atoms with Crippen molar-refractivity contribution in [3.8, 4) is 0 Å². The number of rotatable bonds is 16. The molecule has 0 saturated carbocycles. The number of carbonyl (C=O) groups is 1. The Morgan fingerprint density at radius 2 is 1.22 bits per heavy atom. The van der Waals surface area contributed by atoms with Crippen molar-refractivity contribution >= 4 is 5.91 Å². The molecule has 1 amide bonds. The predicted molar refractivity (Wildman–Crippen MR) is 99.6 cm³/mol. The number of aliphatic hydroxyl groups excluding tert-OH is 1. The SMILES string of the molecule is CCCCCCCCCCCCCCC[C@H](O)[C@H](C)NC(C)=O. The molecule has 0 unspecified atom stereocenters. The van der Waals surface area contributed by atoms with E-state index < -0.39 is 6.10 Å². The minimum Gasteiger partial charge on any atom is -0.391 e. The monoisotopic (exact) mass is 327 g/mol. The molecule has 138 valence electrons. The minimum absolute atomic E-state index is 0.0677. The molecule has 0 aliphatic rings. The average molecular weight is 328 g/mol. The fourth-order valence-electron chi connectivity index (χ4n) is 3.04. The van der Waals surface area contributed by atoms with E-state index in [1.807, 2.05) is 6.92 Å². The van der Waals surface area contributed by atoms with Crippen LogP contribution in [0.1, 0.15) is 111 Å². The van der Waals surface area contributed by atoms with Gasteiger partial charge in [-0.3, -0.25) is 4.79 Å². The Balaban J connectivity index is 3.22. The van der Waals surface area contributed by atoms with Crippen molar-refractivity contribution in [1.82, 2.24) is 5.32 Å². The van der Waals surface area contributed by atoms with E-state index in [0.29, 0.717) is 0 Å². The van der Waals surface area contributed by atoms with Crippen LogP contribution >= 0.6 is 0 Å². The highest BCUT2D eigenvalue weighted by atomic mass is 16.3. The smallest absolute Gasteiger partial charge is 0.217 e. The molecule has 0 aliphatic heterocycles. The number of nitrogens with one attached hydrogen (secondary N) is 1. The lowest BCUT2D eigenvalue weighted by atomic mass is 10.0. The van der Waals surface area contributed by atoms with E-state index in [4.69, 9.17) is 0 Å². The van der Waals surface area contributed by atoms with Crippen molar-refractivity contribution < 1.29 is 9.90 Å². The van der Waals surface area contributed by atoms with Crippen LogP contribution in [0.4, 0.5) is 0 Å². The third-order valence-electron chi connectivity index (χ3n) is 4.61. The van der Waals surface area contributed by atoms with Gasteiger partial charge in [0.25, 0.3) is 0 Å². The van der Waals surface area contributed by atoms with Gasteiger partial charge in [-0.2, -0.15) is 0 Å². The zero-order chi connectivity index (χ0) is 17.3. The van der Waals surface area contributed by atoms with Crippen molar-refractivity contribution in [3.05, 3.63) is 0 Å². The molecule has 0 saturated heterocycles. The number of carbonyl (C=O) groups excluding carboxylic acids is 1. The maximum absolute atomic E-state index is 10.9. The summed E-state index contributed by atoms with van der Waals surface area (Å²) in [7, 11) is 0. The number of aliphatic hydroxyl groups is 1. The zero-order valence-electron chi connectivity index (χ0n) is 15.9. The van der Waals surface area contributed by atoms with Crippen molar-refractivity contribution in [2.24, 2.45) is 0 Å². The molecule has 3 heteroatoms. The Labute approximate surface area is 144 Å². The third-order valence-corrected chi connectivity index (χ3v) is 4.61. The molecule has 23 heavy (non-hydrogen) atoms. The van der Waals surface area contributed by atoms with Crippen LogP contribution in [0.5, 0.6) is 0 Å². The van der Waals surface area contributed by atoms with Crippen LogP contribution < -0.4 is 5.32 Å². The summed E-state index contributed by atoms with van der Waals surface area (Å²) in [5.41, 5.74) is 0. The van der Waals surface area contributed by atoms with Gasteiger partial charge in [-0.25, -0.2) is 0 Å². The van der Waals surface area contributed by atoms with Gasteiger partial charge in [0.2, 0.25) is 5.91 Å². The molecule has 0 spiro atoms. The highest BCUT2D eigenvalue weighted by Gasteiger charge is 2.13. The molecular formula is C20H41NO2. The summed E-state index contributed by atoms with van der Waals surface area (Å²) in [6.45, 7) is 5.63. The lowest BCUT2D eigenvalue weighted by molar-refractivity contribution is -0.120. The molecule has 0 radical (unpaired) electrons. The molecule has 0 bridgehead atoms. The normalized spacial score (nSPS) is 13.7. The average Bonchev–Trinajstić information content (AvgIpc) is 2.51. The molecule has 0 fully saturated rings. The molecule has 0 aromatic carbocycles. The van der Waals surface area contributed by atoms with Gasteiger partial charge < -0.3 is 10.4 Å². The van der Waals surface area contributed by atoms with E-state index in [9.17, 15) is 9.90 Å². The topological polar surface area (TPSA) is 49.3 Å². The van der Waals surface area contributed by atoms with Gasteiger partial charge in [-0.05, 0) is 13.3 Å². The second-order valence-corrected chi connectivity index (χ2v) is 7.09. The Bertz CT molecular complexity index is 268. The van der Waals surface area contributed by atoms with Crippen molar-refractivity contribution in [1.29, 1.82) is 0 Å². The zero-order valence-corrected chi connectivity index (χ0v) is 15.9. The summed E-state index contributed by atoms with van der Waals surface area (Å²) >= 11 is 0. The van der Waals surface area contributed by atoms with E-state index in [1.165, 1.54) is 84.0 Å². The van der Waals surface area contributed by atoms with Crippen LogP contribution in [0.15, 0.2) is 0 Å². The maximum atomic E-state index is 10.9. The largest absolute Gasteiger partial charge is 0.391 e. The first-order chi connectivity index (χ1) is 11.1. The molecule has 0 aliphatic carbocycles.